The van der Waals surface area contributed by atoms with Gasteiger partial charge in [-0.2, -0.15) is 5.26 Å². The smallest absolute Gasteiger partial charge is 0.335 e. The maximum absolute atomic E-state index is 12.6. The van der Waals surface area contributed by atoms with Gasteiger partial charge >= 0.3 is 5.97 Å². The van der Waals surface area contributed by atoms with Gasteiger partial charge in [0.15, 0.2) is 11.5 Å². The van der Waals surface area contributed by atoms with Crippen LogP contribution in [0, 0.1) is 11.3 Å². The fraction of sp³-hybridized carbons (Fsp3) is 0.115. The second kappa shape index (κ2) is 12.1. The molecule has 9 heteroatoms. The SMILES string of the molecule is CCOc1cc(/C=C(\C#N)C(=O)Nc2ccc(C(=O)O)cc2)cc(Br)c1OCc1ccc(Cl)cc1. The summed E-state index contributed by atoms with van der Waals surface area (Å²) in [7, 11) is 0. The van der Waals surface area contributed by atoms with Crippen LogP contribution in [0.15, 0.2) is 70.7 Å². The second-order valence-corrected chi connectivity index (χ2v) is 8.48. The largest absolute Gasteiger partial charge is 0.490 e. The highest BCUT2D eigenvalue weighted by Gasteiger charge is 2.15. The molecule has 0 saturated heterocycles. The highest BCUT2D eigenvalue weighted by molar-refractivity contribution is 9.10. The molecule has 3 rings (SSSR count). The summed E-state index contributed by atoms with van der Waals surface area (Å²) in [4.78, 5) is 23.6. The number of halogens is 2. The first-order valence-corrected chi connectivity index (χ1v) is 11.6. The number of anilines is 1. The Bertz CT molecular complexity index is 1300. The summed E-state index contributed by atoms with van der Waals surface area (Å²) in [5.74, 6) is -0.769. The summed E-state index contributed by atoms with van der Waals surface area (Å²) in [5.41, 5.74) is 1.78. The van der Waals surface area contributed by atoms with Crippen LogP contribution in [0.1, 0.15) is 28.4 Å². The summed E-state index contributed by atoms with van der Waals surface area (Å²) in [6.45, 7) is 2.51. The molecule has 0 spiro atoms. The molecular formula is C26H20BrClN2O5. The Morgan fingerprint density at radius 3 is 2.40 bits per heavy atom. The van der Waals surface area contributed by atoms with Crippen LogP contribution in [0.5, 0.6) is 11.5 Å². The van der Waals surface area contributed by atoms with Gasteiger partial charge in [-0.15, -0.1) is 0 Å². The Labute approximate surface area is 215 Å². The number of carbonyl (C=O) groups is 2. The van der Waals surface area contributed by atoms with E-state index in [9.17, 15) is 14.9 Å². The predicted octanol–water partition coefficient (Wildman–Crippen LogP) is 6.32. The lowest BCUT2D eigenvalue weighted by Gasteiger charge is -2.15. The van der Waals surface area contributed by atoms with Crippen LogP contribution in [-0.4, -0.2) is 23.6 Å². The maximum atomic E-state index is 12.6. The first kappa shape index (κ1) is 25.8. The number of rotatable bonds is 9. The van der Waals surface area contributed by atoms with Gasteiger partial charge in [-0.3, -0.25) is 4.79 Å². The van der Waals surface area contributed by atoms with Crippen LogP contribution in [0.2, 0.25) is 5.02 Å². The second-order valence-electron chi connectivity index (χ2n) is 7.18. The monoisotopic (exact) mass is 554 g/mol. The Morgan fingerprint density at radius 1 is 1.11 bits per heavy atom. The number of nitrogens with zero attached hydrogens (tertiary/aromatic N) is 1. The van der Waals surface area contributed by atoms with Gasteiger partial charge in [-0.1, -0.05) is 23.7 Å². The quantitative estimate of drug-likeness (QED) is 0.236. The van der Waals surface area contributed by atoms with Gasteiger partial charge in [0.05, 0.1) is 16.6 Å². The third-order valence-electron chi connectivity index (χ3n) is 4.69. The lowest BCUT2D eigenvalue weighted by atomic mass is 10.1. The van der Waals surface area contributed by atoms with E-state index in [1.165, 1.54) is 30.3 Å². The highest BCUT2D eigenvalue weighted by Crippen LogP contribution is 2.38. The van der Waals surface area contributed by atoms with Crippen LogP contribution >= 0.6 is 27.5 Å². The van der Waals surface area contributed by atoms with Crippen LogP contribution < -0.4 is 14.8 Å². The minimum Gasteiger partial charge on any atom is -0.490 e. The number of nitriles is 1. The average Bonchev–Trinajstić information content (AvgIpc) is 2.83. The zero-order valence-electron chi connectivity index (χ0n) is 18.5. The van der Waals surface area contributed by atoms with Crippen molar-refractivity contribution in [2.75, 3.05) is 11.9 Å². The van der Waals surface area contributed by atoms with Gasteiger partial charge in [-0.05, 0) is 88.6 Å². The molecule has 1 amide bonds. The molecule has 0 aliphatic rings. The number of ether oxygens (including phenoxy) is 2. The van der Waals surface area contributed by atoms with Crippen molar-refractivity contribution in [3.63, 3.8) is 0 Å². The number of carboxylic acids is 1. The Balaban J connectivity index is 1.81. The summed E-state index contributed by atoms with van der Waals surface area (Å²) < 4.78 is 12.3. The van der Waals surface area contributed by atoms with Crippen molar-refractivity contribution in [1.82, 2.24) is 0 Å². The van der Waals surface area contributed by atoms with E-state index in [4.69, 9.17) is 26.2 Å². The topological polar surface area (TPSA) is 109 Å². The highest BCUT2D eigenvalue weighted by atomic mass is 79.9. The van der Waals surface area contributed by atoms with E-state index >= 15 is 0 Å². The Morgan fingerprint density at radius 2 is 1.80 bits per heavy atom. The van der Waals surface area contributed by atoms with E-state index in [2.05, 4.69) is 21.2 Å². The molecule has 0 bridgehead atoms. The summed E-state index contributed by atoms with van der Waals surface area (Å²) >= 11 is 9.42. The van der Waals surface area contributed by atoms with Crippen LogP contribution in [0.25, 0.3) is 6.08 Å². The van der Waals surface area contributed by atoms with E-state index in [0.29, 0.717) is 38.9 Å². The number of hydrogen-bond donors (Lipinski definition) is 2. The molecular weight excluding hydrogens is 536 g/mol. The van der Waals surface area contributed by atoms with Gasteiger partial charge < -0.3 is 19.9 Å². The minimum atomic E-state index is -1.07. The zero-order valence-corrected chi connectivity index (χ0v) is 20.9. The van der Waals surface area contributed by atoms with Crippen molar-refractivity contribution in [3.8, 4) is 17.6 Å². The molecule has 0 unspecified atom stereocenters. The number of aromatic carboxylic acids is 1. The standard InChI is InChI=1S/C26H20BrClN2O5/c1-2-34-23-13-17(12-22(27)24(23)35-15-16-3-7-20(28)8-4-16)11-19(14-29)25(31)30-21-9-5-18(6-10-21)26(32)33/h3-13H,2,15H2,1H3,(H,30,31)(H,32,33)/b19-11+. The molecule has 0 atom stereocenters. The van der Waals surface area contributed by atoms with Crippen molar-refractivity contribution in [3.05, 3.63) is 92.4 Å². The van der Waals surface area contributed by atoms with Crippen molar-refractivity contribution >= 4 is 51.2 Å². The average molecular weight is 556 g/mol. The number of carbonyl (C=O) groups excluding carboxylic acids is 1. The number of carboxylic acid groups (broad SMARTS) is 1. The van der Waals surface area contributed by atoms with Crippen molar-refractivity contribution < 1.29 is 24.2 Å². The van der Waals surface area contributed by atoms with E-state index < -0.39 is 11.9 Å². The molecule has 7 nitrogen and oxygen atoms in total. The normalized spacial score (nSPS) is 10.9. The Kier molecular flexibility index (Phi) is 8.90. The van der Waals surface area contributed by atoms with E-state index in [-0.39, 0.29) is 17.7 Å². The van der Waals surface area contributed by atoms with E-state index in [0.717, 1.165) is 5.56 Å². The molecule has 0 aliphatic heterocycles. The zero-order chi connectivity index (χ0) is 25.4. The first-order valence-electron chi connectivity index (χ1n) is 10.4. The van der Waals surface area contributed by atoms with E-state index in [1.54, 1.807) is 24.3 Å². The van der Waals surface area contributed by atoms with Crippen molar-refractivity contribution in [2.24, 2.45) is 0 Å². The fourth-order valence-electron chi connectivity index (χ4n) is 3.02. The van der Waals surface area contributed by atoms with Crippen LogP contribution in [-0.2, 0) is 11.4 Å². The Hall–Kier alpha value is -3.80. The lowest BCUT2D eigenvalue weighted by molar-refractivity contribution is -0.112. The number of hydrogen-bond acceptors (Lipinski definition) is 5. The molecule has 178 valence electrons. The number of nitrogens with one attached hydrogen (secondary N) is 1. The molecule has 0 aliphatic carbocycles. The lowest BCUT2D eigenvalue weighted by Crippen LogP contribution is -2.13. The molecule has 3 aromatic rings. The molecule has 3 aromatic carbocycles. The van der Waals surface area contributed by atoms with Crippen molar-refractivity contribution in [2.45, 2.75) is 13.5 Å². The molecule has 0 saturated carbocycles. The van der Waals surface area contributed by atoms with Crippen LogP contribution in [0.4, 0.5) is 5.69 Å². The minimum absolute atomic E-state index is 0.0886. The maximum Gasteiger partial charge on any atom is 0.335 e. The predicted molar refractivity (Wildman–Crippen MR) is 137 cm³/mol. The molecule has 0 aromatic heterocycles. The van der Waals surface area contributed by atoms with Gasteiger partial charge in [0, 0.05) is 10.7 Å². The summed E-state index contributed by atoms with van der Waals surface area (Å²) in [6, 6.07) is 18.2. The molecule has 0 fully saturated rings. The number of benzene rings is 3. The molecule has 0 heterocycles. The van der Waals surface area contributed by atoms with Gasteiger partial charge in [0.1, 0.15) is 18.2 Å². The fourth-order valence-corrected chi connectivity index (χ4v) is 3.72. The molecule has 35 heavy (non-hydrogen) atoms. The van der Waals surface area contributed by atoms with Gasteiger partial charge in [-0.25, -0.2) is 4.79 Å². The van der Waals surface area contributed by atoms with Gasteiger partial charge in [0.2, 0.25) is 0 Å². The third-order valence-corrected chi connectivity index (χ3v) is 5.53. The summed E-state index contributed by atoms with van der Waals surface area (Å²) in [6.07, 6.45) is 1.43. The first-order chi connectivity index (χ1) is 16.8. The van der Waals surface area contributed by atoms with Crippen LogP contribution in [0.3, 0.4) is 0 Å². The van der Waals surface area contributed by atoms with E-state index in [1.807, 2.05) is 25.1 Å². The number of amides is 1. The third kappa shape index (κ3) is 7.09. The molecule has 2 N–H and O–H groups in total. The van der Waals surface area contributed by atoms with Gasteiger partial charge in [0.25, 0.3) is 5.91 Å². The molecule has 0 radical (unpaired) electrons. The summed E-state index contributed by atoms with van der Waals surface area (Å²) in [5, 5.41) is 21.8. The van der Waals surface area contributed by atoms with Crippen molar-refractivity contribution in [1.29, 1.82) is 5.26 Å².